The van der Waals surface area contributed by atoms with Crippen molar-refractivity contribution >= 4 is 23.6 Å². The van der Waals surface area contributed by atoms with Gasteiger partial charge in [-0.05, 0) is 18.2 Å². The smallest absolute Gasteiger partial charge is 0.338 e. The monoisotopic (exact) mass is 297 g/mol. The third-order valence-corrected chi connectivity index (χ3v) is 2.75. The molecule has 8 heteroatoms. The molecule has 1 aromatic rings. The first-order valence-electron chi connectivity index (χ1n) is 6.10. The predicted molar refractivity (Wildman–Crippen MR) is 73.7 cm³/mol. The number of nitrogens with zero attached hydrogens (tertiary/aromatic N) is 1. The van der Waals surface area contributed by atoms with E-state index in [-0.39, 0.29) is 24.6 Å². The van der Waals surface area contributed by atoms with E-state index in [1.54, 1.807) is 0 Å². The molecule has 0 aliphatic heterocycles. The van der Waals surface area contributed by atoms with Crippen LogP contribution in [0.25, 0.3) is 0 Å². The summed E-state index contributed by atoms with van der Waals surface area (Å²) in [6.07, 6.45) is 0.143. The summed E-state index contributed by atoms with van der Waals surface area (Å²) in [5, 5.41) is 13.7. The second-order valence-electron chi connectivity index (χ2n) is 4.27. The summed E-state index contributed by atoms with van der Waals surface area (Å²) in [5.74, 6) is -2.50. The van der Waals surface area contributed by atoms with Crippen molar-refractivity contribution in [3.05, 3.63) is 29.6 Å². The van der Waals surface area contributed by atoms with Crippen molar-refractivity contribution in [3.63, 3.8) is 0 Å². The van der Waals surface area contributed by atoms with Crippen LogP contribution >= 0.6 is 0 Å². The number of benzene rings is 1. The van der Waals surface area contributed by atoms with Gasteiger partial charge in [-0.1, -0.05) is 0 Å². The number of hydrogen-bond acceptors (Lipinski definition) is 3. The molecule has 0 saturated carbocycles. The molecule has 0 saturated heterocycles. The van der Waals surface area contributed by atoms with Crippen LogP contribution in [0.2, 0.25) is 0 Å². The maximum absolute atomic E-state index is 13.2. The van der Waals surface area contributed by atoms with E-state index in [1.165, 1.54) is 25.1 Å². The number of hydrogen-bond donors (Lipinski definition) is 3. The molecule has 1 rings (SSSR count). The Hall–Kier alpha value is -2.64. The molecule has 114 valence electrons. The summed E-state index contributed by atoms with van der Waals surface area (Å²) < 4.78 is 13.2. The number of carboxylic acid groups (broad SMARTS) is 1. The van der Waals surface area contributed by atoms with Crippen LogP contribution in [0, 0.1) is 5.82 Å². The lowest BCUT2D eigenvalue weighted by molar-refractivity contribution is -0.120. The highest BCUT2D eigenvalue weighted by atomic mass is 19.1. The molecule has 7 nitrogen and oxygen atoms in total. The van der Waals surface area contributed by atoms with Crippen LogP contribution in [-0.2, 0) is 4.79 Å². The minimum atomic E-state index is -1.42. The Bertz CT molecular complexity index is 562. The van der Waals surface area contributed by atoms with E-state index in [0.29, 0.717) is 0 Å². The van der Waals surface area contributed by atoms with Gasteiger partial charge in [-0.2, -0.15) is 0 Å². The third kappa shape index (κ3) is 4.75. The first kappa shape index (κ1) is 16.4. The highest BCUT2D eigenvalue weighted by molar-refractivity contribution is 5.93. The first-order valence-corrected chi connectivity index (χ1v) is 6.10. The van der Waals surface area contributed by atoms with Crippen molar-refractivity contribution in [1.82, 2.24) is 10.2 Å². The van der Waals surface area contributed by atoms with E-state index in [4.69, 9.17) is 5.11 Å². The molecule has 3 N–H and O–H groups in total. The van der Waals surface area contributed by atoms with Gasteiger partial charge in [0.05, 0.1) is 5.56 Å². The van der Waals surface area contributed by atoms with E-state index >= 15 is 0 Å². The average Bonchev–Trinajstić information content (AvgIpc) is 2.45. The molecule has 0 bridgehead atoms. The summed E-state index contributed by atoms with van der Waals surface area (Å²) in [5.41, 5.74) is -0.369. The first-order chi connectivity index (χ1) is 9.85. The fourth-order valence-electron chi connectivity index (χ4n) is 1.48. The van der Waals surface area contributed by atoms with Gasteiger partial charge in [0.25, 0.3) is 0 Å². The van der Waals surface area contributed by atoms with Crippen molar-refractivity contribution in [2.24, 2.45) is 0 Å². The SMILES string of the molecule is CNC(=O)CCN(C)C(=O)Nc1ccc(F)c(C(=O)O)c1. The minimum absolute atomic E-state index is 0.143. The number of nitrogens with one attached hydrogen (secondary N) is 2. The van der Waals surface area contributed by atoms with Crippen LogP contribution in [0.15, 0.2) is 18.2 Å². The second kappa shape index (κ2) is 7.22. The molecule has 0 aliphatic carbocycles. The maximum atomic E-state index is 13.2. The Kier molecular flexibility index (Phi) is 5.65. The molecule has 0 aliphatic rings. The molecule has 0 aromatic heterocycles. The number of anilines is 1. The van der Waals surface area contributed by atoms with Crippen LogP contribution in [-0.4, -0.2) is 48.6 Å². The third-order valence-electron chi connectivity index (χ3n) is 2.75. The van der Waals surface area contributed by atoms with Crippen LogP contribution in [0.4, 0.5) is 14.9 Å². The normalized spacial score (nSPS) is 9.86. The van der Waals surface area contributed by atoms with E-state index in [2.05, 4.69) is 10.6 Å². The number of carboxylic acids is 1. The van der Waals surface area contributed by atoms with Gasteiger partial charge in [0.15, 0.2) is 0 Å². The largest absolute Gasteiger partial charge is 0.478 e. The van der Waals surface area contributed by atoms with Crippen LogP contribution in [0.3, 0.4) is 0 Å². The molecule has 0 unspecified atom stereocenters. The Labute approximate surface area is 120 Å². The average molecular weight is 297 g/mol. The number of rotatable bonds is 5. The lowest BCUT2D eigenvalue weighted by Gasteiger charge is -2.17. The molecule has 3 amide bonds. The highest BCUT2D eigenvalue weighted by Gasteiger charge is 2.14. The molecule has 21 heavy (non-hydrogen) atoms. The maximum Gasteiger partial charge on any atom is 0.338 e. The van der Waals surface area contributed by atoms with Crippen LogP contribution < -0.4 is 10.6 Å². The van der Waals surface area contributed by atoms with Crippen molar-refractivity contribution < 1.29 is 23.9 Å². The summed E-state index contributed by atoms with van der Waals surface area (Å²) >= 11 is 0. The molecule has 1 aromatic carbocycles. The predicted octanol–water partition coefficient (Wildman–Crippen LogP) is 1.12. The fraction of sp³-hybridized carbons (Fsp3) is 0.308. The molecular weight excluding hydrogens is 281 g/mol. The number of carbonyl (C=O) groups excluding carboxylic acids is 2. The number of urea groups is 1. The molecule has 0 heterocycles. The van der Waals surface area contributed by atoms with Gasteiger partial charge in [-0.15, -0.1) is 0 Å². The van der Waals surface area contributed by atoms with Gasteiger partial charge in [0.2, 0.25) is 5.91 Å². The molecular formula is C13H16FN3O4. The number of aromatic carboxylic acids is 1. The van der Waals surface area contributed by atoms with E-state index < -0.39 is 23.4 Å². The van der Waals surface area contributed by atoms with Gasteiger partial charge in [0.1, 0.15) is 5.82 Å². The lowest BCUT2D eigenvalue weighted by atomic mass is 10.2. The Morgan fingerprint density at radius 2 is 2.00 bits per heavy atom. The zero-order valence-electron chi connectivity index (χ0n) is 11.6. The van der Waals surface area contributed by atoms with Crippen molar-refractivity contribution in [1.29, 1.82) is 0 Å². The van der Waals surface area contributed by atoms with Crippen molar-refractivity contribution in [3.8, 4) is 0 Å². The zero-order valence-corrected chi connectivity index (χ0v) is 11.6. The number of halogens is 1. The van der Waals surface area contributed by atoms with Gasteiger partial charge >= 0.3 is 12.0 Å². The van der Waals surface area contributed by atoms with Crippen molar-refractivity contribution in [2.75, 3.05) is 26.0 Å². The standard InChI is InChI=1S/C13H16FN3O4/c1-15-11(18)5-6-17(2)13(21)16-8-3-4-10(14)9(7-8)12(19)20/h3-4,7H,5-6H2,1-2H3,(H,15,18)(H,16,21)(H,19,20). The Morgan fingerprint density at radius 1 is 1.33 bits per heavy atom. The Morgan fingerprint density at radius 3 is 2.57 bits per heavy atom. The summed E-state index contributed by atoms with van der Waals surface area (Å²) in [4.78, 5) is 35.0. The summed E-state index contributed by atoms with van der Waals surface area (Å²) in [7, 11) is 2.98. The molecule has 0 spiro atoms. The number of carbonyl (C=O) groups is 3. The second-order valence-corrected chi connectivity index (χ2v) is 4.27. The summed E-state index contributed by atoms with van der Waals surface area (Å²) in [6, 6.07) is 2.72. The van der Waals surface area contributed by atoms with Gasteiger partial charge in [-0.25, -0.2) is 14.0 Å². The topological polar surface area (TPSA) is 98.7 Å². The van der Waals surface area contributed by atoms with Gasteiger partial charge < -0.3 is 20.6 Å². The molecule has 0 radical (unpaired) electrons. The molecule has 0 atom stereocenters. The zero-order chi connectivity index (χ0) is 16.0. The van der Waals surface area contributed by atoms with Crippen LogP contribution in [0.5, 0.6) is 0 Å². The van der Waals surface area contributed by atoms with Crippen LogP contribution in [0.1, 0.15) is 16.8 Å². The van der Waals surface area contributed by atoms with E-state index in [0.717, 1.165) is 12.1 Å². The fourth-order valence-corrected chi connectivity index (χ4v) is 1.48. The lowest BCUT2D eigenvalue weighted by Crippen LogP contribution is -2.34. The van der Waals surface area contributed by atoms with Crippen molar-refractivity contribution in [2.45, 2.75) is 6.42 Å². The van der Waals surface area contributed by atoms with Gasteiger partial charge in [0, 0.05) is 32.7 Å². The van der Waals surface area contributed by atoms with E-state index in [9.17, 15) is 18.8 Å². The quantitative estimate of drug-likeness (QED) is 0.758. The minimum Gasteiger partial charge on any atom is -0.478 e. The number of amides is 3. The highest BCUT2D eigenvalue weighted by Crippen LogP contribution is 2.15. The molecule has 0 fully saturated rings. The Balaban J connectivity index is 2.68. The van der Waals surface area contributed by atoms with E-state index in [1.807, 2.05) is 0 Å². The summed E-state index contributed by atoms with van der Waals surface area (Å²) in [6.45, 7) is 0.193. The van der Waals surface area contributed by atoms with Gasteiger partial charge in [-0.3, -0.25) is 4.79 Å².